The van der Waals surface area contributed by atoms with Crippen molar-refractivity contribution in [2.45, 2.75) is 20.4 Å². The maximum Gasteiger partial charge on any atom is 0.312 e. The van der Waals surface area contributed by atoms with E-state index in [0.29, 0.717) is 11.0 Å². The molecule has 19 heavy (non-hydrogen) atoms. The topological polar surface area (TPSA) is 81.0 Å². The molecule has 0 radical (unpaired) electrons. The maximum absolute atomic E-state index is 11.0. The summed E-state index contributed by atoms with van der Waals surface area (Å²) in [5, 5.41) is 14.9. The number of hydrogen-bond acceptors (Lipinski definition) is 6. The van der Waals surface area contributed by atoms with Crippen LogP contribution in [0.25, 0.3) is 0 Å². The Morgan fingerprint density at radius 3 is 2.84 bits per heavy atom. The van der Waals surface area contributed by atoms with Crippen LogP contribution in [0.5, 0.6) is 0 Å². The Morgan fingerprint density at radius 2 is 2.26 bits per heavy atom. The number of nitrogens with zero attached hydrogens (tertiary/aromatic N) is 3. The number of rotatable bonds is 4. The fraction of sp³-hybridized carbons (Fsp3) is 0.273. The summed E-state index contributed by atoms with van der Waals surface area (Å²) in [5.41, 5.74) is 0.892. The summed E-state index contributed by atoms with van der Waals surface area (Å²) in [7, 11) is 0. The average Bonchev–Trinajstić information content (AvgIpc) is 2.66. The first-order valence-electron chi connectivity index (χ1n) is 5.44. The van der Waals surface area contributed by atoms with E-state index in [4.69, 9.17) is 0 Å². The first kappa shape index (κ1) is 13.9. The molecule has 1 N–H and O–H groups in total. The molecule has 2 aromatic heterocycles. The minimum absolute atomic E-state index is 0.0479. The van der Waals surface area contributed by atoms with Gasteiger partial charge in [0.15, 0.2) is 0 Å². The van der Waals surface area contributed by atoms with Crippen LogP contribution in [0.3, 0.4) is 0 Å². The van der Waals surface area contributed by atoms with Crippen molar-refractivity contribution in [3.8, 4) is 0 Å². The van der Waals surface area contributed by atoms with E-state index in [0.717, 1.165) is 15.6 Å². The summed E-state index contributed by atoms with van der Waals surface area (Å²) in [6.45, 7) is 4.33. The first-order chi connectivity index (χ1) is 8.97. The summed E-state index contributed by atoms with van der Waals surface area (Å²) in [6, 6.07) is 1.43. The minimum Gasteiger partial charge on any atom is -0.359 e. The number of halogens is 1. The Bertz CT molecular complexity index is 629. The Balaban J connectivity index is 2.20. The smallest absolute Gasteiger partial charge is 0.312 e. The van der Waals surface area contributed by atoms with Gasteiger partial charge >= 0.3 is 5.69 Å². The number of nitrogens with one attached hydrogen (secondary N) is 1. The van der Waals surface area contributed by atoms with Gasteiger partial charge < -0.3 is 5.32 Å². The van der Waals surface area contributed by atoms with Crippen molar-refractivity contribution in [1.29, 1.82) is 0 Å². The summed E-state index contributed by atoms with van der Waals surface area (Å²) >= 11 is 4.74. The molecule has 0 amide bonds. The SMILES string of the molecule is Cc1nc(C)c(CNc2ncc(Br)cc2[N+](=O)[O-])s1. The van der Waals surface area contributed by atoms with Crippen molar-refractivity contribution >= 4 is 38.8 Å². The second kappa shape index (κ2) is 5.62. The molecule has 0 unspecified atom stereocenters. The molecule has 0 spiro atoms. The molecule has 100 valence electrons. The molecule has 2 aromatic rings. The van der Waals surface area contributed by atoms with Gasteiger partial charge in [0.2, 0.25) is 5.82 Å². The summed E-state index contributed by atoms with van der Waals surface area (Å²) in [4.78, 5) is 19.9. The monoisotopic (exact) mass is 342 g/mol. The lowest BCUT2D eigenvalue weighted by Crippen LogP contribution is -2.04. The summed E-state index contributed by atoms with van der Waals surface area (Å²) in [5.74, 6) is 0.263. The molecule has 0 bridgehead atoms. The Kier molecular flexibility index (Phi) is 4.11. The number of pyridine rings is 1. The standard InChI is InChI=1S/C11H11BrN4O2S/c1-6-10(19-7(2)15-6)5-14-11-9(16(17)18)3-8(12)4-13-11/h3-4H,5H2,1-2H3,(H,13,14). The molecule has 0 atom stereocenters. The van der Waals surface area contributed by atoms with Crippen LogP contribution in [-0.2, 0) is 6.54 Å². The minimum atomic E-state index is -0.453. The van der Waals surface area contributed by atoms with Crippen LogP contribution in [0.1, 0.15) is 15.6 Å². The number of nitro groups is 1. The highest BCUT2D eigenvalue weighted by Gasteiger charge is 2.16. The third-order valence-corrected chi connectivity index (χ3v) is 3.95. The van der Waals surface area contributed by atoms with Gasteiger partial charge in [0.25, 0.3) is 0 Å². The van der Waals surface area contributed by atoms with Crippen molar-refractivity contribution in [3.05, 3.63) is 42.4 Å². The Morgan fingerprint density at radius 1 is 1.53 bits per heavy atom. The van der Waals surface area contributed by atoms with Gasteiger partial charge in [0, 0.05) is 21.6 Å². The number of anilines is 1. The highest BCUT2D eigenvalue weighted by atomic mass is 79.9. The molecule has 0 saturated carbocycles. The Hall–Kier alpha value is -1.54. The van der Waals surface area contributed by atoms with Crippen molar-refractivity contribution < 1.29 is 4.92 Å². The van der Waals surface area contributed by atoms with Crippen LogP contribution in [-0.4, -0.2) is 14.9 Å². The molecule has 0 aliphatic rings. The molecule has 0 saturated heterocycles. The van der Waals surface area contributed by atoms with E-state index in [1.807, 2.05) is 13.8 Å². The lowest BCUT2D eigenvalue weighted by molar-refractivity contribution is -0.384. The van der Waals surface area contributed by atoms with E-state index in [-0.39, 0.29) is 11.5 Å². The van der Waals surface area contributed by atoms with Gasteiger partial charge in [-0.3, -0.25) is 10.1 Å². The van der Waals surface area contributed by atoms with Gasteiger partial charge in [0.1, 0.15) is 0 Å². The normalized spacial score (nSPS) is 10.5. The lowest BCUT2D eigenvalue weighted by Gasteiger charge is -2.05. The van der Waals surface area contributed by atoms with Crippen LogP contribution in [0, 0.1) is 24.0 Å². The van der Waals surface area contributed by atoms with Crippen LogP contribution in [0.15, 0.2) is 16.7 Å². The first-order valence-corrected chi connectivity index (χ1v) is 7.05. The van der Waals surface area contributed by atoms with E-state index < -0.39 is 4.92 Å². The number of aryl methyl sites for hydroxylation is 2. The molecule has 0 aliphatic carbocycles. The average molecular weight is 343 g/mol. The zero-order valence-corrected chi connectivity index (χ0v) is 12.7. The highest BCUT2D eigenvalue weighted by Crippen LogP contribution is 2.26. The maximum atomic E-state index is 11.0. The molecule has 0 aliphatic heterocycles. The van der Waals surface area contributed by atoms with Crippen molar-refractivity contribution in [1.82, 2.24) is 9.97 Å². The van der Waals surface area contributed by atoms with Gasteiger partial charge in [-0.05, 0) is 29.8 Å². The van der Waals surface area contributed by atoms with Crippen LogP contribution in [0.4, 0.5) is 11.5 Å². The third-order valence-electron chi connectivity index (χ3n) is 2.45. The van der Waals surface area contributed by atoms with Gasteiger partial charge in [-0.1, -0.05) is 0 Å². The van der Waals surface area contributed by atoms with Crippen LogP contribution < -0.4 is 5.32 Å². The van der Waals surface area contributed by atoms with Gasteiger partial charge in [-0.15, -0.1) is 11.3 Å². The van der Waals surface area contributed by atoms with E-state index in [2.05, 4.69) is 31.2 Å². The fourth-order valence-corrected chi connectivity index (χ4v) is 2.80. The van der Waals surface area contributed by atoms with Crippen molar-refractivity contribution in [2.24, 2.45) is 0 Å². The highest BCUT2D eigenvalue weighted by molar-refractivity contribution is 9.10. The molecular formula is C11H11BrN4O2S. The lowest BCUT2D eigenvalue weighted by atomic mass is 10.3. The predicted octanol–water partition coefficient (Wildman–Crippen LogP) is 3.44. The van der Waals surface area contributed by atoms with E-state index in [1.54, 1.807) is 11.3 Å². The van der Waals surface area contributed by atoms with Gasteiger partial charge in [-0.2, -0.15) is 0 Å². The molecule has 2 heterocycles. The van der Waals surface area contributed by atoms with E-state index in [1.165, 1.54) is 12.3 Å². The van der Waals surface area contributed by atoms with Crippen molar-refractivity contribution in [3.63, 3.8) is 0 Å². The third kappa shape index (κ3) is 3.27. The second-order valence-corrected chi connectivity index (χ2v) is 6.08. The van der Waals surface area contributed by atoms with Gasteiger partial charge in [0.05, 0.1) is 22.2 Å². The molecule has 2 rings (SSSR count). The number of hydrogen-bond donors (Lipinski definition) is 1. The fourth-order valence-electron chi connectivity index (χ4n) is 1.61. The number of aromatic nitrogens is 2. The quantitative estimate of drug-likeness (QED) is 0.679. The zero-order chi connectivity index (χ0) is 14.0. The largest absolute Gasteiger partial charge is 0.359 e. The molecule has 6 nitrogen and oxygen atoms in total. The van der Waals surface area contributed by atoms with Crippen LogP contribution in [0.2, 0.25) is 0 Å². The molecular weight excluding hydrogens is 332 g/mol. The molecule has 8 heteroatoms. The van der Waals surface area contributed by atoms with E-state index in [9.17, 15) is 10.1 Å². The predicted molar refractivity (Wildman–Crippen MR) is 77.5 cm³/mol. The van der Waals surface area contributed by atoms with Gasteiger partial charge in [-0.25, -0.2) is 9.97 Å². The van der Waals surface area contributed by atoms with Crippen molar-refractivity contribution in [2.75, 3.05) is 5.32 Å². The molecule has 0 aromatic carbocycles. The zero-order valence-electron chi connectivity index (χ0n) is 10.3. The summed E-state index contributed by atoms with van der Waals surface area (Å²) < 4.78 is 0.578. The molecule has 0 fully saturated rings. The summed E-state index contributed by atoms with van der Waals surface area (Å²) in [6.07, 6.45) is 1.53. The second-order valence-electron chi connectivity index (χ2n) is 3.87. The Labute approximate surface area is 122 Å². The van der Waals surface area contributed by atoms with Crippen LogP contribution >= 0.6 is 27.3 Å². The van der Waals surface area contributed by atoms with E-state index >= 15 is 0 Å². The number of thiazole rings is 1.